The minimum Gasteiger partial charge on any atom is -0.462 e. The van der Waals surface area contributed by atoms with Gasteiger partial charge in [-0.15, -0.1) is 11.3 Å². The predicted molar refractivity (Wildman–Crippen MR) is 71.8 cm³/mol. The zero-order valence-corrected chi connectivity index (χ0v) is 11.7. The number of esters is 1. The molecule has 0 fully saturated rings. The second-order valence-corrected chi connectivity index (χ2v) is 4.89. The molecule has 6 nitrogen and oxygen atoms in total. The van der Waals surface area contributed by atoms with Gasteiger partial charge in [0.05, 0.1) is 24.0 Å². The van der Waals surface area contributed by atoms with Crippen LogP contribution in [-0.4, -0.2) is 27.3 Å². The molecule has 7 heteroatoms. The van der Waals surface area contributed by atoms with Crippen LogP contribution in [0.2, 0.25) is 0 Å². The summed E-state index contributed by atoms with van der Waals surface area (Å²) < 4.78 is 6.69. The monoisotopic (exact) mass is 280 g/mol. The largest absolute Gasteiger partial charge is 0.462 e. The van der Waals surface area contributed by atoms with Crippen LogP contribution in [0.5, 0.6) is 0 Å². The molecule has 2 aromatic rings. The molecule has 0 aliphatic rings. The van der Waals surface area contributed by atoms with E-state index in [1.807, 2.05) is 13.2 Å². The van der Waals surface area contributed by atoms with Crippen molar-refractivity contribution >= 4 is 17.3 Å². The van der Waals surface area contributed by atoms with E-state index in [1.54, 1.807) is 34.6 Å². The number of nitrogens with zero attached hydrogens (tertiary/aromatic N) is 3. The second kappa shape index (κ2) is 6.44. The molecular formula is C12H16N4O2S. The first-order chi connectivity index (χ1) is 9.22. The average molecular weight is 280 g/mol. The summed E-state index contributed by atoms with van der Waals surface area (Å²) in [5.41, 5.74) is 3.13. The van der Waals surface area contributed by atoms with Gasteiger partial charge in [-0.25, -0.2) is 4.79 Å². The number of rotatable bonds is 6. The zero-order valence-electron chi connectivity index (χ0n) is 10.9. The molecule has 19 heavy (non-hydrogen) atoms. The first-order valence-corrected chi connectivity index (χ1v) is 6.86. The number of nitrogens with one attached hydrogen (secondary N) is 1. The Morgan fingerprint density at radius 1 is 1.47 bits per heavy atom. The van der Waals surface area contributed by atoms with E-state index in [4.69, 9.17) is 4.74 Å². The lowest BCUT2D eigenvalue weighted by atomic mass is 10.2. The second-order valence-electron chi connectivity index (χ2n) is 3.92. The van der Waals surface area contributed by atoms with Crippen molar-refractivity contribution in [3.63, 3.8) is 0 Å². The van der Waals surface area contributed by atoms with E-state index in [1.165, 1.54) is 0 Å². The smallest absolute Gasteiger partial charge is 0.341 e. The Hall–Kier alpha value is -1.73. The van der Waals surface area contributed by atoms with E-state index in [0.29, 0.717) is 18.7 Å². The minimum absolute atomic E-state index is 0.329. The average Bonchev–Trinajstić information content (AvgIpc) is 3.01. The van der Waals surface area contributed by atoms with Crippen LogP contribution in [0.4, 0.5) is 0 Å². The van der Waals surface area contributed by atoms with E-state index in [9.17, 15) is 4.79 Å². The first kappa shape index (κ1) is 13.7. The van der Waals surface area contributed by atoms with E-state index < -0.39 is 0 Å². The molecule has 0 unspecified atom stereocenters. The van der Waals surface area contributed by atoms with Crippen LogP contribution in [0, 0.1) is 0 Å². The number of aromatic nitrogens is 3. The molecule has 0 bridgehead atoms. The topological polar surface area (TPSA) is 69.0 Å². The van der Waals surface area contributed by atoms with Crippen LogP contribution in [0.3, 0.4) is 0 Å². The molecule has 0 atom stereocenters. The molecule has 0 spiro atoms. The molecule has 2 rings (SSSR count). The number of carbonyl (C=O) groups excluding carboxylic acids is 1. The molecule has 2 aromatic heterocycles. The van der Waals surface area contributed by atoms with Crippen molar-refractivity contribution in [1.29, 1.82) is 0 Å². The van der Waals surface area contributed by atoms with Gasteiger partial charge < -0.3 is 10.1 Å². The van der Waals surface area contributed by atoms with Gasteiger partial charge in [-0.05, 0) is 6.92 Å². The van der Waals surface area contributed by atoms with Gasteiger partial charge in [0.2, 0.25) is 0 Å². The molecule has 1 N–H and O–H groups in total. The van der Waals surface area contributed by atoms with Gasteiger partial charge in [-0.2, -0.15) is 5.10 Å². The zero-order chi connectivity index (χ0) is 13.7. The van der Waals surface area contributed by atoms with Crippen LogP contribution >= 0.6 is 11.3 Å². The van der Waals surface area contributed by atoms with Crippen molar-refractivity contribution in [2.24, 2.45) is 7.05 Å². The fourth-order valence-corrected chi connectivity index (χ4v) is 2.25. The van der Waals surface area contributed by atoms with Crippen molar-refractivity contribution in [1.82, 2.24) is 20.1 Å². The van der Waals surface area contributed by atoms with Crippen LogP contribution in [0.15, 0.2) is 17.9 Å². The number of ether oxygens (including phenoxy) is 1. The highest BCUT2D eigenvalue weighted by molar-refractivity contribution is 7.09. The maximum atomic E-state index is 11.8. The Kier molecular flexibility index (Phi) is 4.64. The lowest BCUT2D eigenvalue weighted by molar-refractivity contribution is 0.0524. The van der Waals surface area contributed by atoms with Gasteiger partial charge in [0.15, 0.2) is 0 Å². The fourth-order valence-electron chi connectivity index (χ4n) is 1.69. The molecule has 0 amide bonds. The summed E-state index contributed by atoms with van der Waals surface area (Å²) in [7, 11) is 1.81. The van der Waals surface area contributed by atoms with Crippen LogP contribution in [0.1, 0.15) is 27.9 Å². The minimum atomic E-state index is -0.329. The summed E-state index contributed by atoms with van der Waals surface area (Å²) >= 11 is 1.60. The quantitative estimate of drug-likeness (QED) is 0.809. The molecule has 102 valence electrons. The third-order valence-electron chi connectivity index (χ3n) is 2.63. The Morgan fingerprint density at radius 2 is 2.32 bits per heavy atom. The van der Waals surface area contributed by atoms with Gasteiger partial charge in [0.1, 0.15) is 5.56 Å². The van der Waals surface area contributed by atoms with Gasteiger partial charge in [-0.1, -0.05) is 0 Å². The third kappa shape index (κ3) is 3.39. The summed E-state index contributed by atoms with van der Waals surface area (Å²) in [6.07, 6.45) is 3.37. The number of hydrogen-bond donors (Lipinski definition) is 1. The van der Waals surface area contributed by atoms with Crippen molar-refractivity contribution in [3.8, 4) is 0 Å². The SMILES string of the molecule is CCOC(=O)c1cnn(C)c1CNCc1cncs1. The molecule has 0 aliphatic heterocycles. The molecule has 0 radical (unpaired) electrons. The summed E-state index contributed by atoms with van der Waals surface area (Å²) in [5, 5.41) is 7.37. The highest BCUT2D eigenvalue weighted by Crippen LogP contribution is 2.10. The van der Waals surface area contributed by atoms with E-state index in [2.05, 4.69) is 15.4 Å². The Bertz CT molecular complexity index is 536. The van der Waals surface area contributed by atoms with Crippen LogP contribution in [0.25, 0.3) is 0 Å². The molecule has 2 heterocycles. The Labute approximate surface area is 115 Å². The predicted octanol–water partition coefficient (Wildman–Crippen LogP) is 1.34. The van der Waals surface area contributed by atoms with Crippen molar-refractivity contribution < 1.29 is 9.53 Å². The number of hydrogen-bond acceptors (Lipinski definition) is 6. The maximum Gasteiger partial charge on any atom is 0.341 e. The third-order valence-corrected chi connectivity index (χ3v) is 3.41. The molecule has 0 saturated heterocycles. The number of carbonyl (C=O) groups is 1. The van der Waals surface area contributed by atoms with Crippen LogP contribution in [-0.2, 0) is 24.9 Å². The maximum absolute atomic E-state index is 11.8. The highest BCUT2D eigenvalue weighted by Gasteiger charge is 2.16. The van der Waals surface area contributed by atoms with E-state index >= 15 is 0 Å². The van der Waals surface area contributed by atoms with E-state index in [0.717, 1.165) is 17.1 Å². The van der Waals surface area contributed by atoms with Crippen molar-refractivity contribution in [2.45, 2.75) is 20.0 Å². The summed E-state index contributed by atoms with van der Waals surface area (Å²) in [5.74, 6) is -0.329. The van der Waals surface area contributed by atoms with Crippen LogP contribution < -0.4 is 5.32 Å². The molecule has 0 aliphatic carbocycles. The first-order valence-electron chi connectivity index (χ1n) is 5.98. The fraction of sp³-hybridized carbons (Fsp3) is 0.417. The normalized spacial score (nSPS) is 10.6. The summed E-state index contributed by atoms with van der Waals surface area (Å²) in [6, 6.07) is 0. The van der Waals surface area contributed by atoms with Gasteiger partial charge in [-0.3, -0.25) is 9.67 Å². The standard InChI is InChI=1S/C12H16N4O2S/c1-3-18-12(17)10-6-15-16(2)11(10)7-13-4-9-5-14-8-19-9/h5-6,8,13H,3-4,7H2,1-2H3. The lowest BCUT2D eigenvalue weighted by Gasteiger charge is -2.07. The van der Waals surface area contributed by atoms with Gasteiger partial charge in [0, 0.05) is 31.2 Å². The summed E-state index contributed by atoms with van der Waals surface area (Å²) in [6.45, 7) is 3.43. The Balaban J connectivity index is 1.99. The molecule has 0 saturated carbocycles. The molecular weight excluding hydrogens is 264 g/mol. The molecule has 0 aromatic carbocycles. The van der Waals surface area contributed by atoms with Gasteiger partial charge in [0.25, 0.3) is 0 Å². The van der Waals surface area contributed by atoms with Gasteiger partial charge >= 0.3 is 5.97 Å². The lowest BCUT2D eigenvalue weighted by Crippen LogP contribution is -2.18. The van der Waals surface area contributed by atoms with Crippen molar-refractivity contribution in [2.75, 3.05) is 6.61 Å². The number of thiazole rings is 1. The highest BCUT2D eigenvalue weighted by atomic mass is 32.1. The summed E-state index contributed by atoms with van der Waals surface area (Å²) in [4.78, 5) is 16.9. The number of aryl methyl sites for hydroxylation is 1. The Morgan fingerprint density at radius 3 is 3.00 bits per heavy atom. The van der Waals surface area contributed by atoms with E-state index in [-0.39, 0.29) is 5.97 Å². The van der Waals surface area contributed by atoms with Crippen molar-refractivity contribution in [3.05, 3.63) is 34.0 Å².